The minimum atomic E-state index is -0.252. The molecule has 2 atom stereocenters. The molecule has 1 aromatic heterocycles. The molecular weight excluding hydrogens is 542 g/mol. The predicted octanol–water partition coefficient (Wildman–Crippen LogP) is 3.88. The molecule has 1 N–H and O–H groups in total. The number of ether oxygens (including phenoxy) is 1. The van der Waals surface area contributed by atoms with Crippen molar-refractivity contribution >= 4 is 28.2 Å². The van der Waals surface area contributed by atoms with E-state index >= 15 is 0 Å². The molecule has 2 fully saturated rings. The third-order valence-corrected chi connectivity index (χ3v) is 9.00. The summed E-state index contributed by atoms with van der Waals surface area (Å²) in [4.78, 5) is 34.6. The number of hydrogen-bond donors (Lipinski definition) is 1. The minimum Gasteiger partial charge on any atom is -0.508 e. The maximum atomic E-state index is 12.5. The van der Waals surface area contributed by atoms with Crippen molar-refractivity contribution < 1.29 is 14.6 Å². The Labute approximate surface area is 253 Å². The van der Waals surface area contributed by atoms with E-state index in [-0.39, 0.29) is 30.3 Å². The number of amides is 1. The van der Waals surface area contributed by atoms with E-state index in [1.165, 1.54) is 18.9 Å². The lowest BCUT2D eigenvalue weighted by atomic mass is 10.0. The summed E-state index contributed by atoms with van der Waals surface area (Å²) in [6, 6.07) is 12.6. The van der Waals surface area contributed by atoms with Crippen LogP contribution in [-0.4, -0.2) is 95.3 Å². The summed E-state index contributed by atoms with van der Waals surface area (Å²) in [6.45, 7) is 16.9. The number of rotatable bonds is 9. The van der Waals surface area contributed by atoms with E-state index in [0.29, 0.717) is 44.8 Å². The van der Waals surface area contributed by atoms with Gasteiger partial charge in [0.1, 0.15) is 24.2 Å². The van der Waals surface area contributed by atoms with E-state index in [4.69, 9.17) is 21.3 Å². The van der Waals surface area contributed by atoms with E-state index in [1.807, 2.05) is 24.3 Å². The first-order valence-electron chi connectivity index (χ1n) is 15.1. The molecule has 0 unspecified atom stereocenters. The van der Waals surface area contributed by atoms with Crippen LogP contribution < -0.4 is 14.5 Å². The van der Waals surface area contributed by atoms with Crippen LogP contribution in [0.5, 0.6) is 11.8 Å². The van der Waals surface area contributed by atoms with Crippen LogP contribution in [0.25, 0.3) is 15.6 Å². The van der Waals surface area contributed by atoms with Crippen LogP contribution in [0.1, 0.15) is 31.0 Å². The van der Waals surface area contributed by atoms with Gasteiger partial charge in [-0.2, -0.15) is 9.97 Å². The van der Waals surface area contributed by atoms with Gasteiger partial charge < -0.3 is 29.4 Å². The van der Waals surface area contributed by atoms with E-state index in [9.17, 15) is 9.90 Å². The van der Waals surface area contributed by atoms with Gasteiger partial charge in [-0.25, -0.2) is 6.57 Å². The lowest BCUT2D eigenvalue weighted by Gasteiger charge is -2.41. The fourth-order valence-electron chi connectivity index (χ4n) is 6.33. The van der Waals surface area contributed by atoms with Gasteiger partial charge in [-0.15, -0.1) is 0 Å². The predicted molar refractivity (Wildman–Crippen MR) is 168 cm³/mol. The summed E-state index contributed by atoms with van der Waals surface area (Å²) in [5.74, 6) is 0.910. The quantitative estimate of drug-likeness (QED) is 0.301. The van der Waals surface area contributed by atoms with Crippen molar-refractivity contribution in [3.63, 3.8) is 0 Å². The molecule has 1 amide bonds. The first-order valence-corrected chi connectivity index (χ1v) is 15.1. The van der Waals surface area contributed by atoms with Gasteiger partial charge in [0, 0.05) is 61.0 Å². The van der Waals surface area contributed by atoms with E-state index in [1.54, 1.807) is 11.0 Å². The maximum Gasteiger partial charge on any atom is 0.318 e. The van der Waals surface area contributed by atoms with Gasteiger partial charge in [0.25, 0.3) is 0 Å². The standard InChI is InChI=1S/C33H39N7O3/c1-5-31(42)40-15-14-39(19-25(40)18-34-3)32-28-12-13-38(30-17-26(41)16-23-8-6-7-9-27(23)30)20-29(28)35-33(36-32)43-21-22(2)37(4)24-10-11-24/h5-9,16-17,22,24-25,41H,1,10-15,18-21H2,2,4H3/t22-,25-/m0/s1. The summed E-state index contributed by atoms with van der Waals surface area (Å²) >= 11 is 0. The Morgan fingerprint density at radius 2 is 2.05 bits per heavy atom. The van der Waals surface area contributed by atoms with Gasteiger partial charge in [-0.1, -0.05) is 30.8 Å². The van der Waals surface area contributed by atoms with E-state index in [0.717, 1.165) is 46.5 Å². The number of carbonyl (C=O) groups is 1. The fourth-order valence-corrected chi connectivity index (χ4v) is 6.33. The molecule has 3 aliphatic rings. The van der Waals surface area contributed by atoms with Crippen molar-refractivity contribution in [3.05, 3.63) is 71.7 Å². The van der Waals surface area contributed by atoms with Crippen LogP contribution in [0.3, 0.4) is 0 Å². The topological polar surface area (TPSA) is 89.6 Å². The highest BCUT2D eigenvalue weighted by Crippen LogP contribution is 2.37. The monoisotopic (exact) mass is 581 g/mol. The second-order valence-electron chi connectivity index (χ2n) is 11.8. The van der Waals surface area contributed by atoms with Gasteiger partial charge >= 0.3 is 6.01 Å². The number of phenols is 1. The number of benzene rings is 2. The molecule has 224 valence electrons. The van der Waals surface area contributed by atoms with Crippen molar-refractivity contribution in [1.29, 1.82) is 0 Å². The molecule has 0 radical (unpaired) electrons. The van der Waals surface area contributed by atoms with Crippen LogP contribution in [0.4, 0.5) is 11.5 Å². The van der Waals surface area contributed by atoms with Crippen molar-refractivity contribution in [2.24, 2.45) is 0 Å². The summed E-state index contributed by atoms with van der Waals surface area (Å²) in [5, 5.41) is 12.6. The molecule has 3 heterocycles. The zero-order valence-electron chi connectivity index (χ0n) is 24.9. The molecular formula is C33H39N7O3. The Hall–Kier alpha value is -4.36. The number of hydrogen-bond acceptors (Lipinski definition) is 8. The largest absolute Gasteiger partial charge is 0.508 e. The molecule has 43 heavy (non-hydrogen) atoms. The Morgan fingerprint density at radius 1 is 1.23 bits per heavy atom. The molecule has 0 spiro atoms. The molecule has 10 heteroatoms. The normalized spacial score (nSPS) is 19.2. The highest BCUT2D eigenvalue weighted by Gasteiger charge is 2.35. The number of aromatic nitrogens is 2. The summed E-state index contributed by atoms with van der Waals surface area (Å²) in [5.41, 5.74) is 2.94. The van der Waals surface area contributed by atoms with E-state index < -0.39 is 0 Å². The van der Waals surface area contributed by atoms with Gasteiger partial charge in [0.2, 0.25) is 12.5 Å². The number of fused-ring (bicyclic) bond motifs is 2. The van der Waals surface area contributed by atoms with Crippen LogP contribution in [-0.2, 0) is 17.8 Å². The SMILES string of the molecule is [C-]#[N+]C[C@H]1CN(c2nc(OC[C@H](C)N(C)C3CC3)nc3c2CCN(c2cc(O)cc4ccccc24)C3)CCN1C(=O)C=C. The van der Waals surface area contributed by atoms with Crippen molar-refractivity contribution in [3.8, 4) is 11.8 Å². The van der Waals surface area contributed by atoms with Crippen molar-refractivity contribution in [2.75, 3.05) is 56.2 Å². The van der Waals surface area contributed by atoms with Crippen molar-refractivity contribution in [2.45, 2.75) is 50.9 Å². The molecule has 1 saturated heterocycles. The Kier molecular flexibility index (Phi) is 8.08. The highest BCUT2D eigenvalue weighted by atomic mass is 16.5. The van der Waals surface area contributed by atoms with Crippen LogP contribution in [0, 0.1) is 6.57 Å². The number of aromatic hydroxyl groups is 1. The van der Waals surface area contributed by atoms with Crippen LogP contribution >= 0.6 is 0 Å². The highest BCUT2D eigenvalue weighted by molar-refractivity contribution is 5.95. The smallest absolute Gasteiger partial charge is 0.318 e. The summed E-state index contributed by atoms with van der Waals surface area (Å²) in [7, 11) is 2.14. The number of piperazine rings is 1. The Bertz CT molecular complexity index is 1570. The first-order chi connectivity index (χ1) is 20.9. The van der Waals surface area contributed by atoms with Gasteiger partial charge in [-0.05, 0) is 50.8 Å². The van der Waals surface area contributed by atoms with Gasteiger partial charge in [-0.3, -0.25) is 9.69 Å². The second-order valence-corrected chi connectivity index (χ2v) is 11.8. The summed E-state index contributed by atoms with van der Waals surface area (Å²) < 4.78 is 6.27. The zero-order valence-corrected chi connectivity index (χ0v) is 24.9. The number of carbonyl (C=O) groups excluding carboxylic acids is 1. The number of nitrogens with zero attached hydrogens (tertiary/aromatic N) is 7. The van der Waals surface area contributed by atoms with Crippen LogP contribution in [0.2, 0.25) is 0 Å². The van der Waals surface area contributed by atoms with Gasteiger partial charge in [0.05, 0.1) is 12.2 Å². The maximum absolute atomic E-state index is 12.5. The lowest BCUT2D eigenvalue weighted by Crippen LogP contribution is -2.56. The molecule has 6 rings (SSSR count). The molecule has 2 aliphatic heterocycles. The average molecular weight is 582 g/mol. The molecule has 10 nitrogen and oxygen atoms in total. The average Bonchev–Trinajstić information content (AvgIpc) is 3.88. The Balaban J connectivity index is 1.33. The molecule has 3 aromatic rings. The lowest BCUT2D eigenvalue weighted by molar-refractivity contribution is -0.128. The molecule has 1 aliphatic carbocycles. The second kappa shape index (κ2) is 12.1. The third kappa shape index (κ3) is 5.95. The summed E-state index contributed by atoms with van der Waals surface area (Å²) in [6.07, 6.45) is 4.50. The van der Waals surface area contributed by atoms with E-state index in [2.05, 4.69) is 46.2 Å². The fraction of sp³-hybridized carbons (Fsp3) is 0.455. The number of anilines is 2. The first kappa shape index (κ1) is 28.7. The Morgan fingerprint density at radius 3 is 2.81 bits per heavy atom. The number of phenolic OH excluding ortho intramolecular Hbond substituents is 1. The third-order valence-electron chi connectivity index (χ3n) is 9.00. The van der Waals surface area contributed by atoms with Crippen LogP contribution in [0.15, 0.2) is 49.1 Å². The minimum absolute atomic E-state index is 0.148. The molecule has 1 saturated carbocycles. The zero-order chi connectivity index (χ0) is 30.1. The number of likely N-dealkylation sites (N-methyl/N-ethyl adjacent to an activating group) is 1. The molecule has 0 bridgehead atoms. The molecule has 2 aromatic carbocycles. The van der Waals surface area contributed by atoms with Crippen molar-refractivity contribution in [1.82, 2.24) is 19.8 Å². The van der Waals surface area contributed by atoms with Gasteiger partial charge in [0.15, 0.2) is 0 Å².